The van der Waals surface area contributed by atoms with Crippen molar-refractivity contribution < 1.29 is 28.6 Å². The lowest BCUT2D eigenvalue weighted by Crippen LogP contribution is -2.30. The van der Waals surface area contributed by atoms with E-state index in [1.54, 1.807) is 0 Å². The van der Waals surface area contributed by atoms with Crippen molar-refractivity contribution in [2.45, 2.75) is 380 Å². The van der Waals surface area contributed by atoms with Gasteiger partial charge in [-0.05, 0) is 83.5 Å². The van der Waals surface area contributed by atoms with Crippen LogP contribution in [0, 0.1) is 0 Å². The Morgan fingerprint density at radius 2 is 0.487 bits per heavy atom. The Labute approximate surface area is 498 Å². The van der Waals surface area contributed by atoms with Crippen molar-refractivity contribution in [2.24, 2.45) is 0 Å². The van der Waals surface area contributed by atoms with Crippen LogP contribution in [0.1, 0.15) is 374 Å². The Balaban J connectivity index is 4.33. The van der Waals surface area contributed by atoms with Gasteiger partial charge in [0.05, 0.1) is 0 Å². The van der Waals surface area contributed by atoms with Gasteiger partial charge in [-0.2, -0.15) is 0 Å². The van der Waals surface area contributed by atoms with Crippen LogP contribution in [0.2, 0.25) is 0 Å². The number of rotatable bonds is 65. The van der Waals surface area contributed by atoms with E-state index in [2.05, 4.69) is 81.5 Å². The average Bonchev–Trinajstić information content (AvgIpc) is 3.46. The second-order valence-electron chi connectivity index (χ2n) is 23.8. The van der Waals surface area contributed by atoms with E-state index < -0.39 is 6.10 Å². The number of hydrogen-bond acceptors (Lipinski definition) is 6. The van der Waals surface area contributed by atoms with Crippen LogP contribution in [0.5, 0.6) is 0 Å². The van der Waals surface area contributed by atoms with Gasteiger partial charge in [0.15, 0.2) is 6.10 Å². The van der Waals surface area contributed by atoms with Gasteiger partial charge in [0.2, 0.25) is 0 Å². The normalized spacial score (nSPS) is 12.4. The molecule has 0 fully saturated rings. The van der Waals surface area contributed by atoms with Crippen molar-refractivity contribution in [1.82, 2.24) is 0 Å². The fourth-order valence-electron chi connectivity index (χ4n) is 10.5. The molecule has 0 bridgehead atoms. The summed E-state index contributed by atoms with van der Waals surface area (Å²) in [5.74, 6) is -0.868. The number of ether oxygens (including phenoxy) is 3. The molecule has 0 saturated carbocycles. The molecule has 0 radical (unpaired) electrons. The van der Waals surface area contributed by atoms with Crippen LogP contribution in [0.25, 0.3) is 0 Å². The summed E-state index contributed by atoms with van der Waals surface area (Å²) >= 11 is 0. The zero-order valence-electron chi connectivity index (χ0n) is 53.6. The fourth-order valence-corrected chi connectivity index (χ4v) is 10.5. The molecule has 0 rings (SSSR count). The lowest BCUT2D eigenvalue weighted by molar-refractivity contribution is -0.167. The van der Waals surface area contributed by atoms with Crippen LogP contribution in [0.15, 0.2) is 60.8 Å². The lowest BCUT2D eigenvalue weighted by Gasteiger charge is -2.18. The second kappa shape index (κ2) is 68.6. The summed E-state index contributed by atoms with van der Waals surface area (Å²) in [5, 5.41) is 0. The molecule has 0 aromatic carbocycles. The van der Waals surface area contributed by atoms with E-state index in [1.165, 1.54) is 238 Å². The SMILES string of the molecule is CC/C=C\C/C=C\C/C=C\C/C=C\CCCCCCCCC(=O)OC(COC(=O)CCCCCCCCCCC/C=C\CCCCCCCC)COC(=O)CCCCCCCCCCCCCCCCCCCCCCCCCC. The maximum atomic E-state index is 13.0. The van der Waals surface area contributed by atoms with Gasteiger partial charge in [0, 0.05) is 19.3 Å². The monoisotopic (exact) mass is 1120 g/mol. The maximum absolute atomic E-state index is 13.0. The number of esters is 3. The molecule has 0 aliphatic carbocycles. The van der Waals surface area contributed by atoms with Gasteiger partial charge in [0.25, 0.3) is 0 Å². The van der Waals surface area contributed by atoms with Crippen LogP contribution in [-0.2, 0) is 28.6 Å². The van der Waals surface area contributed by atoms with E-state index in [0.717, 1.165) is 96.3 Å². The van der Waals surface area contributed by atoms with Gasteiger partial charge in [0.1, 0.15) is 13.2 Å². The molecule has 80 heavy (non-hydrogen) atoms. The van der Waals surface area contributed by atoms with Crippen molar-refractivity contribution in [2.75, 3.05) is 13.2 Å². The van der Waals surface area contributed by atoms with Crippen LogP contribution < -0.4 is 0 Å². The molecule has 1 unspecified atom stereocenters. The molecule has 0 saturated heterocycles. The quantitative estimate of drug-likeness (QED) is 0.0261. The number of allylic oxidation sites excluding steroid dienone is 10. The van der Waals surface area contributed by atoms with Crippen LogP contribution in [0.3, 0.4) is 0 Å². The van der Waals surface area contributed by atoms with E-state index >= 15 is 0 Å². The average molecular weight is 1120 g/mol. The molecule has 6 heteroatoms. The van der Waals surface area contributed by atoms with Crippen LogP contribution in [0.4, 0.5) is 0 Å². The highest BCUT2D eigenvalue weighted by atomic mass is 16.6. The largest absolute Gasteiger partial charge is 0.462 e. The van der Waals surface area contributed by atoms with Crippen molar-refractivity contribution in [3.05, 3.63) is 60.8 Å². The predicted molar refractivity (Wildman–Crippen MR) is 348 cm³/mol. The molecule has 0 aromatic heterocycles. The summed E-state index contributed by atoms with van der Waals surface area (Å²) in [5.41, 5.74) is 0. The van der Waals surface area contributed by atoms with E-state index in [4.69, 9.17) is 14.2 Å². The molecule has 0 heterocycles. The molecule has 0 N–H and O–H groups in total. The smallest absolute Gasteiger partial charge is 0.306 e. The molecule has 466 valence electrons. The van der Waals surface area contributed by atoms with Gasteiger partial charge in [-0.25, -0.2) is 0 Å². The highest BCUT2D eigenvalue weighted by Gasteiger charge is 2.19. The minimum atomic E-state index is -0.783. The van der Waals surface area contributed by atoms with Gasteiger partial charge >= 0.3 is 17.9 Å². The molecule has 0 aromatic rings. The minimum absolute atomic E-state index is 0.0769. The van der Waals surface area contributed by atoms with E-state index in [-0.39, 0.29) is 31.1 Å². The zero-order valence-corrected chi connectivity index (χ0v) is 53.6. The highest BCUT2D eigenvalue weighted by molar-refractivity contribution is 5.71. The Morgan fingerprint density at radius 3 is 0.775 bits per heavy atom. The van der Waals surface area contributed by atoms with Gasteiger partial charge in [-0.1, -0.05) is 332 Å². The van der Waals surface area contributed by atoms with Gasteiger partial charge < -0.3 is 14.2 Å². The minimum Gasteiger partial charge on any atom is -0.462 e. The first-order chi connectivity index (χ1) is 39.5. The molecule has 1 atom stereocenters. The molecule has 0 amide bonds. The summed E-state index contributed by atoms with van der Waals surface area (Å²) in [6.07, 6.45) is 88.1. The molecule has 0 aliphatic rings. The number of carbonyl (C=O) groups excluding carboxylic acids is 3. The number of unbranched alkanes of at least 4 members (excludes halogenated alkanes) is 44. The third-order valence-corrected chi connectivity index (χ3v) is 15.8. The van der Waals surface area contributed by atoms with Crippen LogP contribution >= 0.6 is 0 Å². The molecule has 6 nitrogen and oxygen atoms in total. The highest BCUT2D eigenvalue weighted by Crippen LogP contribution is 2.18. The Hall–Kier alpha value is -2.89. The van der Waals surface area contributed by atoms with E-state index in [1.807, 2.05) is 0 Å². The molecular weight excluding hydrogens is 985 g/mol. The number of hydrogen-bond donors (Lipinski definition) is 0. The molecular formula is C74H134O6. The summed E-state index contributed by atoms with van der Waals surface area (Å²) in [7, 11) is 0. The molecule has 0 aliphatic heterocycles. The fraction of sp³-hybridized carbons (Fsp3) is 0.824. The summed E-state index contributed by atoms with van der Waals surface area (Å²) in [6.45, 7) is 6.58. The maximum Gasteiger partial charge on any atom is 0.306 e. The Bertz CT molecular complexity index is 1430. The first-order valence-corrected chi connectivity index (χ1v) is 35.3. The first kappa shape index (κ1) is 77.1. The third kappa shape index (κ3) is 65.9. The Kier molecular flexibility index (Phi) is 66.1. The zero-order chi connectivity index (χ0) is 57.8. The summed E-state index contributed by atoms with van der Waals surface area (Å²) in [4.78, 5) is 38.5. The van der Waals surface area contributed by atoms with Crippen molar-refractivity contribution >= 4 is 17.9 Å². The third-order valence-electron chi connectivity index (χ3n) is 15.8. The topological polar surface area (TPSA) is 78.9 Å². The number of carbonyl (C=O) groups is 3. The van der Waals surface area contributed by atoms with Crippen molar-refractivity contribution in [3.63, 3.8) is 0 Å². The first-order valence-electron chi connectivity index (χ1n) is 35.3. The van der Waals surface area contributed by atoms with E-state index in [0.29, 0.717) is 19.3 Å². The molecule has 0 spiro atoms. The summed E-state index contributed by atoms with van der Waals surface area (Å²) < 4.78 is 17.0. The van der Waals surface area contributed by atoms with Crippen molar-refractivity contribution in [1.29, 1.82) is 0 Å². The second-order valence-corrected chi connectivity index (χ2v) is 23.8. The Morgan fingerprint density at radius 1 is 0.263 bits per heavy atom. The van der Waals surface area contributed by atoms with E-state index in [9.17, 15) is 14.4 Å². The van der Waals surface area contributed by atoms with Crippen molar-refractivity contribution in [3.8, 4) is 0 Å². The standard InChI is InChI=1S/C74H134O6/c1-4-7-10-13-16-19-22-25-28-31-34-35-36-37-38-41-43-46-49-52-55-58-61-64-67-73(76)79-70-71(80-74(77)68-65-62-59-56-53-50-47-44-40-33-30-27-24-21-18-15-12-9-6-3)69-78-72(75)66-63-60-57-54-51-48-45-42-39-32-29-26-23-20-17-14-11-8-5-2/h9,12,18,21,26-27,29-30,40,44,71H,4-8,10-11,13-17,19-20,22-25,28,31-39,41-43,45-70H2,1-3H3/b12-9-,21-18-,29-26-,30-27-,44-40-. The predicted octanol–water partition coefficient (Wildman–Crippen LogP) is 24.3. The van der Waals surface area contributed by atoms with Gasteiger partial charge in [-0.15, -0.1) is 0 Å². The lowest BCUT2D eigenvalue weighted by atomic mass is 10.0. The summed E-state index contributed by atoms with van der Waals surface area (Å²) in [6, 6.07) is 0. The van der Waals surface area contributed by atoms with Gasteiger partial charge in [-0.3, -0.25) is 14.4 Å². The van der Waals surface area contributed by atoms with Crippen LogP contribution in [-0.4, -0.2) is 37.2 Å².